The summed E-state index contributed by atoms with van der Waals surface area (Å²) in [6.45, 7) is 9.91. The van der Waals surface area contributed by atoms with E-state index in [0.717, 1.165) is 0 Å². The van der Waals surface area contributed by atoms with E-state index >= 15 is 0 Å². The Bertz CT molecular complexity index is 1230. The van der Waals surface area contributed by atoms with E-state index in [4.69, 9.17) is 15.5 Å². The van der Waals surface area contributed by atoms with Gasteiger partial charge in [-0.2, -0.15) is 0 Å². The van der Waals surface area contributed by atoms with Gasteiger partial charge in [0, 0.05) is 25.1 Å². The van der Waals surface area contributed by atoms with Crippen LogP contribution in [0.1, 0.15) is 59.4 Å². The highest BCUT2D eigenvalue weighted by Crippen LogP contribution is 2.55. The molecule has 0 radical (unpaired) electrons. The molecule has 0 unspecified atom stereocenters. The number of piperidine rings is 1. The SMILES string of the molecule is C/C(=C\C(=O)N[C@@H](CC(C)C)C(=O)N1C[C@H]2[C@@H](C)[C@H]2[C@H]1C(=O)N[C@H](C)CCC(N)=O)c1ccc(OP(=O)(O)O)cc1. The molecule has 1 saturated carbocycles. The van der Waals surface area contributed by atoms with Gasteiger partial charge in [-0.1, -0.05) is 32.9 Å². The molecule has 3 rings (SSSR count). The number of hydrogen-bond acceptors (Lipinski definition) is 6. The number of primary amides is 1. The van der Waals surface area contributed by atoms with Crippen LogP contribution < -0.4 is 20.9 Å². The van der Waals surface area contributed by atoms with Crippen molar-refractivity contribution < 1.29 is 38.1 Å². The third-order valence-corrected chi connectivity index (χ3v) is 8.16. The minimum absolute atomic E-state index is 0.0132. The summed E-state index contributed by atoms with van der Waals surface area (Å²) in [4.78, 5) is 70.7. The number of allylic oxidation sites excluding steroid dienone is 1. The standard InChI is InChI=1S/C28H41N4O8P/c1-15(2)12-22(31-24(34)13-16(3)19-7-9-20(10-8-19)40-41(37,38)39)28(36)32-14-21-18(5)25(21)26(32)27(35)30-17(4)6-11-23(29)33/h7-10,13,15,17-18,21-22,25-26H,6,11-12,14H2,1-5H3,(H2,29,33)(H,30,35)(H,31,34)(H2,37,38,39)/b16-13+/t17-,18-,21+,22+,25-,26+/m1/s1. The third-order valence-electron chi connectivity index (χ3n) is 7.71. The summed E-state index contributed by atoms with van der Waals surface area (Å²) in [6, 6.07) is 4.13. The number of fused-ring (bicyclic) bond motifs is 1. The molecule has 6 atom stereocenters. The first-order valence-electron chi connectivity index (χ1n) is 13.8. The number of nitrogens with two attached hydrogens (primary N) is 1. The van der Waals surface area contributed by atoms with Crippen LogP contribution in [0, 0.1) is 23.7 Å². The quantitative estimate of drug-likeness (QED) is 0.170. The molecule has 0 spiro atoms. The molecule has 1 aliphatic carbocycles. The van der Waals surface area contributed by atoms with Crippen LogP contribution in [-0.2, 0) is 23.7 Å². The van der Waals surface area contributed by atoms with Crippen molar-refractivity contribution in [1.29, 1.82) is 0 Å². The van der Waals surface area contributed by atoms with Gasteiger partial charge in [0.15, 0.2) is 0 Å². The fraction of sp³-hybridized carbons (Fsp3) is 0.571. The lowest BCUT2D eigenvalue weighted by Gasteiger charge is -2.32. The lowest BCUT2D eigenvalue weighted by atomic mass is 10.0. The minimum Gasteiger partial charge on any atom is -0.404 e. The van der Waals surface area contributed by atoms with E-state index in [1.807, 2.05) is 13.8 Å². The Balaban J connectivity index is 1.71. The highest BCUT2D eigenvalue weighted by Gasteiger charge is 2.62. The Hall–Kier alpha value is -3.21. The number of carbonyl (C=O) groups excluding carboxylic acids is 4. The number of nitrogens with one attached hydrogen (secondary N) is 2. The second-order valence-corrected chi connectivity index (χ2v) is 12.7. The Kier molecular flexibility index (Phi) is 10.4. The summed E-state index contributed by atoms with van der Waals surface area (Å²) in [6.07, 6.45) is 2.30. The molecule has 1 aromatic carbocycles. The van der Waals surface area contributed by atoms with Gasteiger partial charge in [-0.3, -0.25) is 29.0 Å². The average Bonchev–Trinajstić information content (AvgIpc) is 3.29. The van der Waals surface area contributed by atoms with Gasteiger partial charge in [0.1, 0.15) is 17.8 Å². The molecule has 6 N–H and O–H groups in total. The van der Waals surface area contributed by atoms with Crippen LogP contribution in [0.15, 0.2) is 30.3 Å². The zero-order valence-electron chi connectivity index (χ0n) is 24.1. The summed E-state index contributed by atoms with van der Waals surface area (Å²) in [5, 5.41) is 5.76. The number of phosphoric acid groups is 1. The average molecular weight is 593 g/mol. The minimum atomic E-state index is -4.68. The second-order valence-electron chi connectivity index (χ2n) is 11.6. The molecular formula is C28H41N4O8P. The van der Waals surface area contributed by atoms with Crippen molar-refractivity contribution in [3.05, 3.63) is 35.9 Å². The monoisotopic (exact) mass is 592 g/mol. The zero-order chi connectivity index (χ0) is 30.6. The largest absolute Gasteiger partial charge is 0.524 e. The van der Waals surface area contributed by atoms with Crippen LogP contribution in [0.3, 0.4) is 0 Å². The number of benzene rings is 1. The van der Waals surface area contributed by atoms with Crippen LogP contribution in [0.4, 0.5) is 0 Å². The maximum absolute atomic E-state index is 13.8. The molecule has 1 aliphatic heterocycles. The van der Waals surface area contributed by atoms with E-state index in [2.05, 4.69) is 22.1 Å². The van der Waals surface area contributed by atoms with Gasteiger partial charge in [0.05, 0.1) is 0 Å². The fourth-order valence-electron chi connectivity index (χ4n) is 5.54. The van der Waals surface area contributed by atoms with Crippen molar-refractivity contribution in [3.8, 4) is 5.75 Å². The maximum atomic E-state index is 13.8. The lowest BCUT2D eigenvalue weighted by Crippen LogP contribution is -2.56. The number of likely N-dealkylation sites (tertiary alicyclic amines) is 1. The van der Waals surface area contributed by atoms with Gasteiger partial charge in [0.2, 0.25) is 23.6 Å². The third kappa shape index (κ3) is 8.89. The molecule has 41 heavy (non-hydrogen) atoms. The van der Waals surface area contributed by atoms with Crippen molar-refractivity contribution in [1.82, 2.24) is 15.5 Å². The summed E-state index contributed by atoms with van der Waals surface area (Å²) in [5.74, 6) is -0.808. The molecule has 0 aromatic heterocycles. The van der Waals surface area contributed by atoms with Crippen molar-refractivity contribution in [3.63, 3.8) is 0 Å². The summed E-state index contributed by atoms with van der Waals surface area (Å²) in [5.41, 5.74) is 6.42. The molecular weight excluding hydrogens is 551 g/mol. The Morgan fingerprint density at radius 3 is 2.34 bits per heavy atom. The molecule has 0 bridgehead atoms. The van der Waals surface area contributed by atoms with E-state index in [9.17, 15) is 23.7 Å². The van der Waals surface area contributed by atoms with E-state index in [1.165, 1.54) is 18.2 Å². The van der Waals surface area contributed by atoms with E-state index in [-0.39, 0.29) is 47.8 Å². The first-order valence-corrected chi connectivity index (χ1v) is 15.3. The fourth-order valence-corrected chi connectivity index (χ4v) is 5.94. The molecule has 1 aromatic rings. The van der Waals surface area contributed by atoms with Gasteiger partial charge in [-0.25, -0.2) is 4.57 Å². The predicted molar refractivity (Wildman–Crippen MR) is 152 cm³/mol. The molecule has 2 fully saturated rings. The van der Waals surface area contributed by atoms with Gasteiger partial charge < -0.3 is 25.8 Å². The van der Waals surface area contributed by atoms with E-state index < -0.39 is 31.7 Å². The second kappa shape index (κ2) is 13.2. The molecule has 1 saturated heterocycles. The van der Waals surface area contributed by atoms with Crippen LogP contribution in [0.25, 0.3) is 5.57 Å². The van der Waals surface area contributed by atoms with E-state index in [0.29, 0.717) is 36.4 Å². The topological polar surface area (TPSA) is 188 Å². The summed E-state index contributed by atoms with van der Waals surface area (Å²) in [7, 11) is -4.68. The highest BCUT2D eigenvalue weighted by atomic mass is 31.2. The number of nitrogens with zero attached hydrogens (tertiary/aromatic N) is 1. The normalized spacial score (nSPS) is 23.4. The number of hydrogen-bond donors (Lipinski definition) is 5. The van der Waals surface area contributed by atoms with Crippen LogP contribution in [-0.4, -0.2) is 63.0 Å². The Morgan fingerprint density at radius 1 is 1.15 bits per heavy atom. The highest BCUT2D eigenvalue weighted by molar-refractivity contribution is 7.46. The smallest absolute Gasteiger partial charge is 0.404 e. The predicted octanol–water partition coefficient (Wildman–Crippen LogP) is 1.96. The van der Waals surface area contributed by atoms with Crippen LogP contribution >= 0.6 is 7.82 Å². The number of amides is 4. The number of phosphoric ester groups is 1. The molecule has 226 valence electrons. The van der Waals surface area contributed by atoms with Crippen molar-refractivity contribution in [2.45, 2.75) is 72.0 Å². The molecule has 12 nitrogen and oxygen atoms in total. The van der Waals surface area contributed by atoms with E-state index in [1.54, 1.807) is 30.9 Å². The molecule has 13 heteroatoms. The molecule has 2 aliphatic rings. The Morgan fingerprint density at radius 2 is 1.78 bits per heavy atom. The number of carbonyl (C=O) groups is 4. The first-order chi connectivity index (χ1) is 19.1. The van der Waals surface area contributed by atoms with Crippen molar-refractivity contribution >= 4 is 37.0 Å². The number of rotatable bonds is 13. The first kappa shape index (κ1) is 32.3. The van der Waals surface area contributed by atoms with Gasteiger partial charge >= 0.3 is 7.82 Å². The summed E-state index contributed by atoms with van der Waals surface area (Å²) >= 11 is 0. The lowest BCUT2D eigenvalue weighted by molar-refractivity contribution is -0.143. The molecule has 1 heterocycles. The van der Waals surface area contributed by atoms with Crippen LogP contribution in [0.5, 0.6) is 5.75 Å². The Labute approximate surface area is 240 Å². The molecule has 4 amide bonds. The zero-order valence-corrected chi connectivity index (χ0v) is 25.0. The van der Waals surface area contributed by atoms with Gasteiger partial charge in [-0.05, 0) is 73.6 Å². The van der Waals surface area contributed by atoms with Crippen LogP contribution in [0.2, 0.25) is 0 Å². The van der Waals surface area contributed by atoms with Crippen molar-refractivity contribution in [2.24, 2.45) is 29.4 Å². The van der Waals surface area contributed by atoms with Gasteiger partial charge in [-0.15, -0.1) is 0 Å². The maximum Gasteiger partial charge on any atom is 0.524 e. The van der Waals surface area contributed by atoms with Crippen molar-refractivity contribution in [2.75, 3.05) is 6.54 Å². The van der Waals surface area contributed by atoms with Gasteiger partial charge in [0.25, 0.3) is 0 Å². The summed E-state index contributed by atoms with van der Waals surface area (Å²) < 4.78 is 15.6.